The summed E-state index contributed by atoms with van der Waals surface area (Å²) in [5.74, 6) is -0.264. The Morgan fingerprint density at radius 1 is 1.75 bits per heavy atom. The van der Waals surface area contributed by atoms with Gasteiger partial charge in [0.1, 0.15) is 0 Å². The number of rotatable bonds is 1. The van der Waals surface area contributed by atoms with Gasteiger partial charge in [-0.3, -0.25) is 5.10 Å². The lowest BCUT2D eigenvalue weighted by Gasteiger charge is -1.96. The number of aromatic amines is 1. The van der Waals surface area contributed by atoms with Crippen molar-refractivity contribution < 1.29 is 9.53 Å². The standard InChI is InChI=1S/C8H8N2O2/c1-12-8(11)5-2-6-4-9-10-7(6)3-5/h2,4H,3H2,1H3,(H,9,10). The van der Waals surface area contributed by atoms with E-state index in [-0.39, 0.29) is 5.97 Å². The zero-order valence-electron chi connectivity index (χ0n) is 6.63. The van der Waals surface area contributed by atoms with Crippen molar-refractivity contribution in [2.75, 3.05) is 7.11 Å². The van der Waals surface area contributed by atoms with E-state index in [2.05, 4.69) is 14.9 Å². The predicted molar refractivity (Wildman–Crippen MR) is 42.3 cm³/mol. The van der Waals surface area contributed by atoms with Gasteiger partial charge in [-0.1, -0.05) is 0 Å². The van der Waals surface area contributed by atoms with E-state index in [4.69, 9.17) is 0 Å². The molecule has 4 heteroatoms. The normalized spacial score (nSPS) is 13.9. The number of hydrogen-bond donors (Lipinski definition) is 1. The van der Waals surface area contributed by atoms with E-state index in [0.717, 1.165) is 11.3 Å². The summed E-state index contributed by atoms with van der Waals surface area (Å²) in [7, 11) is 1.38. The van der Waals surface area contributed by atoms with Crippen LogP contribution in [0.25, 0.3) is 6.08 Å². The Hall–Kier alpha value is -1.58. The molecule has 0 spiro atoms. The van der Waals surface area contributed by atoms with E-state index in [1.54, 1.807) is 12.3 Å². The Kier molecular flexibility index (Phi) is 1.46. The Morgan fingerprint density at radius 3 is 3.25 bits per heavy atom. The summed E-state index contributed by atoms with van der Waals surface area (Å²) in [5, 5.41) is 6.66. The molecule has 0 aliphatic heterocycles. The fourth-order valence-corrected chi connectivity index (χ4v) is 1.28. The molecule has 1 aromatic heterocycles. The topological polar surface area (TPSA) is 55.0 Å². The number of carbonyl (C=O) groups excluding carboxylic acids is 1. The minimum Gasteiger partial charge on any atom is -0.466 e. The first-order valence-corrected chi connectivity index (χ1v) is 3.62. The Bertz CT molecular complexity index is 352. The molecule has 0 radical (unpaired) electrons. The maximum atomic E-state index is 11.1. The molecule has 0 bridgehead atoms. The number of nitrogens with zero attached hydrogens (tertiary/aromatic N) is 1. The first kappa shape index (κ1) is 7.09. The molecule has 0 saturated carbocycles. The summed E-state index contributed by atoms with van der Waals surface area (Å²) >= 11 is 0. The third-order valence-corrected chi connectivity index (χ3v) is 1.90. The van der Waals surface area contributed by atoms with Crippen LogP contribution in [0.5, 0.6) is 0 Å². The third-order valence-electron chi connectivity index (χ3n) is 1.90. The SMILES string of the molecule is COC(=O)C1=Cc2cn[nH]c2C1. The molecule has 4 nitrogen and oxygen atoms in total. The zero-order chi connectivity index (χ0) is 8.55. The molecule has 0 atom stereocenters. The maximum absolute atomic E-state index is 11.1. The molecule has 1 aliphatic rings. The summed E-state index contributed by atoms with van der Waals surface area (Å²) in [6.07, 6.45) is 4.10. The van der Waals surface area contributed by atoms with E-state index in [1.807, 2.05) is 0 Å². The number of nitrogens with one attached hydrogen (secondary N) is 1. The third kappa shape index (κ3) is 0.922. The number of methoxy groups -OCH3 is 1. The Morgan fingerprint density at radius 2 is 2.58 bits per heavy atom. The molecule has 0 saturated heterocycles. The lowest BCUT2D eigenvalue weighted by atomic mass is 10.2. The van der Waals surface area contributed by atoms with Gasteiger partial charge < -0.3 is 4.74 Å². The van der Waals surface area contributed by atoms with Crippen LogP contribution in [0.4, 0.5) is 0 Å². The number of aromatic nitrogens is 2. The van der Waals surface area contributed by atoms with Gasteiger partial charge in [0.2, 0.25) is 0 Å². The van der Waals surface area contributed by atoms with Gasteiger partial charge in [-0.05, 0) is 6.08 Å². The molecule has 0 aromatic carbocycles. The van der Waals surface area contributed by atoms with E-state index in [0.29, 0.717) is 12.0 Å². The summed E-state index contributed by atoms with van der Waals surface area (Å²) in [6.45, 7) is 0. The van der Waals surface area contributed by atoms with Gasteiger partial charge in [-0.15, -0.1) is 0 Å². The van der Waals surface area contributed by atoms with Gasteiger partial charge in [0, 0.05) is 23.3 Å². The van der Waals surface area contributed by atoms with Crippen LogP contribution >= 0.6 is 0 Å². The van der Waals surface area contributed by atoms with Gasteiger partial charge in [0.15, 0.2) is 0 Å². The van der Waals surface area contributed by atoms with Gasteiger partial charge in [0.05, 0.1) is 13.3 Å². The number of H-pyrrole nitrogens is 1. The fourth-order valence-electron chi connectivity index (χ4n) is 1.28. The molecule has 1 N–H and O–H groups in total. The van der Waals surface area contributed by atoms with Crippen LogP contribution < -0.4 is 0 Å². The van der Waals surface area contributed by atoms with Crippen molar-refractivity contribution in [1.29, 1.82) is 0 Å². The Labute approximate surface area is 69.2 Å². The average Bonchev–Trinajstić information content (AvgIpc) is 2.60. The van der Waals surface area contributed by atoms with Gasteiger partial charge in [-0.25, -0.2) is 4.79 Å². The quantitative estimate of drug-likeness (QED) is 0.616. The second-order valence-corrected chi connectivity index (χ2v) is 2.64. The molecule has 2 rings (SSSR count). The minimum absolute atomic E-state index is 0.264. The molecule has 1 heterocycles. The fraction of sp³-hybridized carbons (Fsp3) is 0.250. The zero-order valence-corrected chi connectivity index (χ0v) is 6.63. The number of hydrogen-bond acceptors (Lipinski definition) is 3. The highest BCUT2D eigenvalue weighted by atomic mass is 16.5. The van der Waals surface area contributed by atoms with Crippen LogP contribution in [0.2, 0.25) is 0 Å². The first-order valence-electron chi connectivity index (χ1n) is 3.62. The highest BCUT2D eigenvalue weighted by molar-refractivity contribution is 5.96. The van der Waals surface area contributed by atoms with Crippen LogP contribution in [0.3, 0.4) is 0 Å². The average molecular weight is 164 g/mol. The van der Waals surface area contributed by atoms with Crippen molar-refractivity contribution in [3.8, 4) is 0 Å². The van der Waals surface area contributed by atoms with Crippen molar-refractivity contribution in [3.63, 3.8) is 0 Å². The second-order valence-electron chi connectivity index (χ2n) is 2.64. The lowest BCUT2D eigenvalue weighted by Crippen LogP contribution is -2.04. The molecule has 0 unspecified atom stereocenters. The highest BCUT2D eigenvalue weighted by Crippen LogP contribution is 2.22. The van der Waals surface area contributed by atoms with Crippen LogP contribution in [0.15, 0.2) is 11.8 Å². The predicted octanol–water partition coefficient (Wildman–Crippen LogP) is 0.522. The molecule has 0 amide bonds. The summed E-state index contributed by atoms with van der Waals surface area (Å²) < 4.78 is 4.59. The van der Waals surface area contributed by atoms with Crippen LogP contribution in [0, 0.1) is 0 Å². The van der Waals surface area contributed by atoms with Crippen molar-refractivity contribution in [2.45, 2.75) is 6.42 Å². The van der Waals surface area contributed by atoms with Crippen molar-refractivity contribution in [2.24, 2.45) is 0 Å². The minimum atomic E-state index is -0.264. The van der Waals surface area contributed by atoms with Gasteiger partial charge in [0.25, 0.3) is 0 Å². The van der Waals surface area contributed by atoms with Crippen molar-refractivity contribution in [1.82, 2.24) is 10.2 Å². The van der Waals surface area contributed by atoms with Crippen molar-refractivity contribution >= 4 is 12.0 Å². The molecular weight excluding hydrogens is 156 g/mol. The van der Waals surface area contributed by atoms with Gasteiger partial charge in [-0.2, -0.15) is 5.10 Å². The van der Waals surface area contributed by atoms with Crippen LogP contribution in [-0.4, -0.2) is 23.3 Å². The molecule has 0 fully saturated rings. The molecular formula is C8H8N2O2. The summed E-state index contributed by atoms with van der Waals surface area (Å²) in [6, 6.07) is 0. The largest absolute Gasteiger partial charge is 0.466 e. The van der Waals surface area contributed by atoms with E-state index < -0.39 is 0 Å². The van der Waals surface area contributed by atoms with E-state index in [1.165, 1.54) is 7.11 Å². The van der Waals surface area contributed by atoms with E-state index in [9.17, 15) is 4.79 Å². The first-order chi connectivity index (χ1) is 5.81. The van der Waals surface area contributed by atoms with E-state index >= 15 is 0 Å². The molecule has 12 heavy (non-hydrogen) atoms. The summed E-state index contributed by atoms with van der Waals surface area (Å²) in [5.41, 5.74) is 2.65. The molecule has 62 valence electrons. The van der Waals surface area contributed by atoms with Crippen molar-refractivity contribution in [3.05, 3.63) is 23.0 Å². The second kappa shape index (κ2) is 2.48. The number of esters is 1. The number of carbonyl (C=O) groups is 1. The summed E-state index contributed by atoms with van der Waals surface area (Å²) in [4.78, 5) is 11.1. The van der Waals surface area contributed by atoms with Gasteiger partial charge >= 0.3 is 5.97 Å². The smallest absolute Gasteiger partial charge is 0.334 e. The maximum Gasteiger partial charge on any atom is 0.334 e. The number of fused-ring (bicyclic) bond motifs is 1. The molecule has 1 aliphatic carbocycles. The lowest BCUT2D eigenvalue weighted by molar-refractivity contribution is -0.136. The van der Waals surface area contributed by atoms with Crippen LogP contribution in [0.1, 0.15) is 11.3 Å². The Balaban J connectivity index is 2.27. The molecule has 1 aromatic rings. The highest BCUT2D eigenvalue weighted by Gasteiger charge is 2.19. The monoisotopic (exact) mass is 164 g/mol. The number of ether oxygens (including phenoxy) is 1. The van der Waals surface area contributed by atoms with Crippen LogP contribution in [-0.2, 0) is 16.0 Å².